The van der Waals surface area contributed by atoms with E-state index in [1.54, 1.807) is 26.4 Å². The Morgan fingerprint density at radius 1 is 0.941 bits per heavy atom. The Morgan fingerprint density at radius 2 is 1.62 bits per heavy atom. The van der Waals surface area contributed by atoms with E-state index in [0.29, 0.717) is 37.4 Å². The summed E-state index contributed by atoms with van der Waals surface area (Å²) in [6.07, 6.45) is 0.967. The summed E-state index contributed by atoms with van der Waals surface area (Å²) >= 11 is 0. The third-order valence-electron chi connectivity index (χ3n) is 6.45. The number of amides is 1. The van der Waals surface area contributed by atoms with E-state index in [-0.39, 0.29) is 22.8 Å². The molecular weight excluding hydrogens is 452 g/mol. The van der Waals surface area contributed by atoms with Crippen molar-refractivity contribution in [1.82, 2.24) is 9.62 Å². The van der Waals surface area contributed by atoms with Gasteiger partial charge in [0.2, 0.25) is 15.9 Å². The van der Waals surface area contributed by atoms with E-state index in [0.717, 1.165) is 16.3 Å². The Morgan fingerprint density at radius 3 is 2.29 bits per heavy atom. The minimum absolute atomic E-state index is 0.0648. The summed E-state index contributed by atoms with van der Waals surface area (Å²) < 4.78 is 38.5. The largest absolute Gasteiger partial charge is 0.493 e. The van der Waals surface area contributed by atoms with Crippen LogP contribution in [0.2, 0.25) is 0 Å². The van der Waals surface area contributed by atoms with Crippen molar-refractivity contribution in [2.45, 2.75) is 30.7 Å². The molecule has 0 saturated carbocycles. The van der Waals surface area contributed by atoms with E-state index in [4.69, 9.17) is 9.47 Å². The Bertz CT molecular complexity index is 1280. The average molecular weight is 483 g/mol. The summed E-state index contributed by atoms with van der Waals surface area (Å²) in [7, 11) is -0.454. The van der Waals surface area contributed by atoms with Gasteiger partial charge in [-0.1, -0.05) is 36.4 Å². The van der Waals surface area contributed by atoms with E-state index in [1.807, 2.05) is 55.5 Å². The van der Waals surface area contributed by atoms with Gasteiger partial charge in [-0.15, -0.1) is 0 Å². The standard InChI is InChI=1S/C26H30N2O5S/c1-18(21-9-11-24(32-2)25(17-21)33-3)27-26(29)20-12-14-28(15-13-20)34(30,31)23-10-8-19-6-4-5-7-22(19)16-23/h4-11,16-18,20H,12-15H2,1-3H3,(H,27,29)/t18-/m1/s1. The first-order chi connectivity index (χ1) is 16.3. The van der Waals surface area contributed by atoms with E-state index in [1.165, 1.54) is 4.31 Å². The van der Waals surface area contributed by atoms with Crippen molar-refractivity contribution in [2.24, 2.45) is 5.92 Å². The molecule has 0 radical (unpaired) electrons. The molecule has 0 spiro atoms. The molecule has 1 aliphatic heterocycles. The fourth-order valence-electron chi connectivity index (χ4n) is 4.37. The van der Waals surface area contributed by atoms with Crippen LogP contribution in [0, 0.1) is 5.92 Å². The quantitative estimate of drug-likeness (QED) is 0.547. The number of carbonyl (C=O) groups excluding carboxylic acids is 1. The van der Waals surface area contributed by atoms with Crippen molar-refractivity contribution < 1.29 is 22.7 Å². The molecule has 1 fully saturated rings. The highest BCUT2D eigenvalue weighted by Crippen LogP contribution is 2.31. The normalized spacial score (nSPS) is 16.2. The third kappa shape index (κ3) is 4.88. The van der Waals surface area contributed by atoms with Crippen LogP contribution in [0.1, 0.15) is 31.4 Å². The Balaban J connectivity index is 1.38. The molecule has 1 saturated heterocycles. The average Bonchev–Trinajstić information content (AvgIpc) is 2.87. The lowest BCUT2D eigenvalue weighted by molar-refractivity contribution is -0.126. The molecule has 1 atom stereocenters. The number of benzene rings is 3. The third-order valence-corrected chi connectivity index (χ3v) is 8.34. The van der Waals surface area contributed by atoms with Crippen molar-refractivity contribution in [1.29, 1.82) is 0 Å². The second-order valence-corrected chi connectivity index (χ2v) is 10.5. The van der Waals surface area contributed by atoms with Gasteiger partial charge in [-0.25, -0.2) is 8.42 Å². The number of rotatable bonds is 7. The van der Waals surface area contributed by atoms with Crippen molar-refractivity contribution in [3.8, 4) is 11.5 Å². The van der Waals surface area contributed by atoms with E-state index in [2.05, 4.69) is 5.32 Å². The maximum atomic E-state index is 13.2. The number of fused-ring (bicyclic) bond motifs is 1. The first kappa shape index (κ1) is 24.0. The van der Waals surface area contributed by atoms with Gasteiger partial charge < -0.3 is 14.8 Å². The zero-order valence-electron chi connectivity index (χ0n) is 19.7. The number of carbonyl (C=O) groups is 1. The van der Waals surface area contributed by atoms with Crippen LogP contribution in [0.15, 0.2) is 65.6 Å². The molecule has 180 valence electrons. The molecule has 1 aliphatic rings. The number of piperidine rings is 1. The summed E-state index contributed by atoms with van der Waals surface area (Å²) in [5.74, 6) is 0.939. The van der Waals surface area contributed by atoms with Gasteiger partial charge in [0.1, 0.15) is 0 Å². The highest BCUT2D eigenvalue weighted by atomic mass is 32.2. The van der Waals surface area contributed by atoms with Gasteiger partial charge >= 0.3 is 0 Å². The first-order valence-corrected chi connectivity index (χ1v) is 12.8. The van der Waals surface area contributed by atoms with Crippen molar-refractivity contribution >= 4 is 26.7 Å². The molecule has 0 bridgehead atoms. The summed E-state index contributed by atoms with van der Waals surface area (Å²) in [4.78, 5) is 13.2. The van der Waals surface area contributed by atoms with Gasteiger partial charge in [-0.3, -0.25) is 4.79 Å². The maximum Gasteiger partial charge on any atom is 0.243 e. The topological polar surface area (TPSA) is 84.9 Å². The number of methoxy groups -OCH3 is 2. The SMILES string of the molecule is COc1ccc([C@@H](C)NC(=O)C2CCN(S(=O)(=O)c3ccc4ccccc4c3)CC2)cc1OC. The molecule has 8 heteroatoms. The molecule has 7 nitrogen and oxygen atoms in total. The summed E-state index contributed by atoms with van der Waals surface area (Å²) in [6, 6.07) is 18.2. The Labute approximate surface area is 200 Å². The van der Waals surface area contributed by atoms with Crippen LogP contribution in [0.4, 0.5) is 0 Å². The molecule has 4 rings (SSSR count). The Kier molecular flexibility index (Phi) is 7.09. The smallest absolute Gasteiger partial charge is 0.243 e. The van der Waals surface area contributed by atoms with Crippen molar-refractivity contribution in [3.05, 3.63) is 66.2 Å². The van der Waals surface area contributed by atoms with Crippen LogP contribution in [-0.4, -0.2) is 45.9 Å². The molecule has 0 unspecified atom stereocenters. The predicted molar refractivity (Wildman–Crippen MR) is 132 cm³/mol. The fraction of sp³-hybridized carbons (Fsp3) is 0.346. The van der Waals surface area contributed by atoms with Crippen molar-refractivity contribution in [2.75, 3.05) is 27.3 Å². The number of hydrogen-bond acceptors (Lipinski definition) is 5. The summed E-state index contributed by atoms with van der Waals surface area (Å²) in [6.45, 7) is 2.55. The minimum Gasteiger partial charge on any atom is -0.493 e. The molecule has 1 heterocycles. The van der Waals surface area contributed by atoms with Crippen LogP contribution in [0.3, 0.4) is 0 Å². The lowest BCUT2D eigenvalue weighted by Crippen LogP contribution is -2.43. The van der Waals surface area contributed by atoms with Gasteiger partial charge in [-0.05, 0) is 60.4 Å². The van der Waals surface area contributed by atoms with E-state index in [9.17, 15) is 13.2 Å². The van der Waals surface area contributed by atoms with Gasteiger partial charge in [0.15, 0.2) is 11.5 Å². The summed E-state index contributed by atoms with van der Waals surface area (Å²) in [5, 5.41) is 4.95. The predicted octanol–water partition coefficient (Wildman–Crippen LogP) is 4.14. The molecule has 1 amide bonds. The highest BCUT2D eigenvalue weighted by molar-refractivity contribution is 7.89. The maximum absolute atomic E-state index is 13.2. The number of ether oxygens (including phenoxy) is 2. The fourth-order valence-corrected chi connectivity index (χ4v) is 5.88. The number of nitrogens with one attached hydrogen (secondary N) is 1. The zero-order valence-corrected chi connectivity index (χ0v) is 20.5. The second kappa shape index (κ2) is 10.0. The molecule has 0 aromatic heterocycles. The summed E-state index contributed by atoms with van der Waals surface area (Å²) in [5.41, 5.74) is 0.905. The van der Waals surface area contributed by atoms with Crippen LogP contribution in [-0.2, 0) is 14.8 Å². The molecule has 3 aromatic carbocycles. The molecule has 34 heavy (non-hydrogen) atoms. The minimum atomic E-state index is -3.61. The monoisotopic (exact) mass is 482 g/mol. The van der Waals surface area contributed by atoms with E-state index >= 15 is 0 Å². The Hall–Kier alpha value is -3.10. The molecular formula is C26H30N2O5S. The molecule has 1 N–H and O–H groups in total. The van der Waals surface area contributed by atoms with Crippen LogP contribution in [0.5, 0.6) is 11.5 Å². The number of hydrogen-bond donors (Lipinski definition) is 1. The lowest BCUT2D eigenvalue weighted by Gasteiger charge is -2.31. The lowest BCUT2D eigenvalue weighted by atomic mass is 9.96. The van der Waals surface area contributed by atoms with Gasteiger partial charge in [0, 0.05) is 19.0 Å². The second-order valence-electron chi connectivity index (χ2n) is 8.53. The van der Waals surface area contributed by atoms with E-state index < -0.39 is 10.0 Å². The van der Waals surface area contributed by atoms with Crippen molar-refractivity contribution in [3.63, 3.8) is 0 Å². The van der Waals surface area contributed by atoms with Gasteiger partial charge in [0.05, 0.1) is 25.2 Å². The molecule has 0 aliphatic carbocycles. The highest BCUT2D eigenvalue weighted by Gasteiger charge is 2.32. The molecule has 3 aromatic rings. The first-order valence-electron chi connectivity index (χ1n) is 11.3. The van der Waals surface area contributed by atoms with Crippen LogP contribution >= 0.6 is 0 Å². The van der Waals surface area contributed by atoms with Gasteiger partial charge in [0.25, 0.3) is 0 Å². The van der Waals surface area contributed by atoms with Crippen LogP contribution < -0.4 is 14.8 Å². The van der Waals surface area contributed by atoms with Crippen LogP contribution in [0.25, 0.3) is 10.8 Å². The van der Waals surface area contributed by atoms with Gasteiger partial charge in [-0.2, -0.15) is 4.31 Å². The number of sulfonamides is 1. The zero-order chi connectivity index (χ0) is 24.3. The number of nitrogens with zero attached hydrogens (tertiary/aromatic N) is 1.